The van der Waals surface area contributed by atoms with Crippen LogP contribution in [0.4, 0.5) is 0 Å². The van der Waals surface area contributed by atoms with Crippen molar-refractivity contribution in [3.8, 4) is 0 Å². The van der Waals surface area contributed by atoms with Gasteiger partial charge in [0.05, 0.1) is 6.33 Å². The quantitative estimate of drug-likeness (QED) is 0.877. The Balaban J connectivity index is 1.73. The van der Waals surface area contributed by atoms with E-state index in [9.17, 15) is 9.59 Å². The third kappa shape index (κ3) is 3.24. The van der Waals surface area contributed by atoms with Crippen molar-refractivity contribution in [3.05, 3.63) is 18.7 Å². The summed E-state index contributed by atoms with van der Waals surface area (Å²) in [6.07, 6.45) is 9.01. The summed E-state index contributed by atoms with van der Waals surface area (Å²) in [4.78, 5) is 30.5. The molecule has 2 amide bonds. The summed E-state index contributed by atoms with van der Waals surface area (Å²) in [5, 5.41) is 0. The van der Waals surface area contributed by atoms with E-state index in [0.29, 0.717) is 32.7 Å². The summed E-state index contributed by atoms with van der Waals surface area (Å²) >= 11 is 0. The maximum atomic E-state index is 12.7. The molecule has 126 valence electrons. The third-order valence-corrected chi connectivity index (χ3v) is 5.19. The van der Waals surface area contributed by atoms with Gasteiger partial charge in [0.25, 0.3) is 0 Å². The number of nitrogens with two attached hydrogens (primary N) is 1. The fourth-order valence-electron chi connectivity index (χ4n) is 4.01. The summed E-state index contributed by atoms with van der Waals surface area (Å²) in [5.41, 5.74) is 5.50. The highest BCUT2D eigenvalue weighted by Crippen LogP contribution is 2.44. The molecule has 3 heterocycles. The largest absolute Gasteiger partial charge is 0.381 e. The first-order valence-corrected chi connectivity index (χ1v) is 8.25. The number of hydrogen-bond acceptors (Lipinski definition) is 4. The molecule has 0 radical (unpaired) electrons. The Morgan fingerprint density at radius 3 is 2.74 bits per heavy atom. The van der Waals surface area contributed by atoms with E-state index in [4.69, 9.17) is 10.5 Å². The molecule has 7 heteroatoms. The number of aromatic nitrogens is 2. The molecule has 1 spiro atoms. The van der Waals surface area contributed by atoms with Crippen LogP contribution in [0.5, 0.6) is 0 Å². The lowest BCUT2D eigenvalue weighted by Gasteiger charge is -2.50. The molecule has 0 aliphatic carbocycles. The van der Waals surface area contributed by atoms with Gasteiger partial charge >= 0.3 is 0 Å². The average Bonchev–Trinajstić information content (AvgIpc) is 3.06. The third-order valence-electron chi connectivity index (χ3n) is 5.19. The van der Waals surface area contributed by atoms with Gasteiger partial charge in [-0.1, -0.05) is 0 Å². The molecule has 0 saturated carbocycles. The van der Waals surface area contributed by atoms with E-state index in [-0.39, 0.29) is 17.2 Å². The van der Waals surface area contributed by atoms with Gasteiger partial charge in [0.15, 0.2) is 0 Å². The highest BCUT2D eigenvalue weighted by atomic mass is 16.5. The Kier molecular flexibility index (Phi) is 4.66. The van der Waals surface area contributed by atoms with Gasteiger partial charge in [0, 0.05) is 50.5 Å². The molecule has 0 bridgehead atoms. The lowest BCUT2D eigenvalue weighted by molar-refractivity contribution is -0.153. The van der Waals surface area contributed by atoms with E-state index >= 15 is 0 Å². The maximum Gasteiger partial charge on any atom is 0.240 e. The molecule has 2 N–H and O–H groups in total. The molecule has 1 atom stereocenters. The predicted molar refractivity (Wildman–Crippen MR) is 83.3 cm³/mol. The van der Waals surface area contributed by atoms with E-state index in [1.807, 2.05) is 10.8 Å². The number of carbonyl (C=O) groups is 2. The van der Waals surface area contributed by atoms with Gasteiger partial charge in [-0.05, 0) is 25.7 Å². The van der Waals surface area contributed by atoms with Crippen molar-refractivity contribution in [1.82, 2.24) is 14.5 Å². The van der Waals surface area contributed by atoms with Crippen LogP contribution in [-0.2, 0) is 20.9 Å². The number of rotatable bonds is 4. The second-order valence-corrected chi connectivity index (χ2v) is 6.52. The molecule has 7 nitrogen and oxygen atoms in total. The summed E-state index contributed by atoms with van der Waals surface area (Å²) in [5.74, 6) is -0.393. The zero-order valence-electron chi connectivity index (χ0n) is 13.3. The van der Waals surface area contributed by atoms with Crippen LogP contribution < -0.4 is 5.73 Å². The first-order valence-electron chi connectivity index (χ1n) is 8.25. The molecule has 2 fully saturated rings. The SMILES string of the molecule is NC(=O)C1N(C(=O)CCn2ccnc2)CCCC12CCOCC2. The van der Waals surface area contributed by atoms with Crippen LogP contribution >= 0.6 is 0 Å². The first-order chi connectivity index (χ1) is 11.1. The van der Waals surface area contributed by atoms with Crippen molar-refractivity contribution < 1.29 is 14.3 Å². The minimum absolute atomic E-state index is 0.00642. The van der Waals surface area contributed by atoms with Crippen molar-refractivity contribution in [1.29, 1.82) is 0 Å². The Hall–Kier alpha value is -1.89. The van der Waals surface area contributed by atoms with Gasteiger partial charge in [-0.2, -0.15) is 0 Å². The average molecular weight is 320 g/mol. The monoisotopic (exact) mass is 320 g/mol. The smallest absolute Gasteiger partial charge is 0.240 e. The number of hydrogen-bond donors (Lipinski definition) is 1. The molecular weight excluding hydrogens is 296 g/mol. The molecule has 23 heavy (non-hydrogen) atoms. The second kappa shape index (κ2) is 6.70. The second-order valence-electron chi connectivity index (χ2n) is 6.52. The number of likely N-dealkylation sites (tertiary alicyclic amines) is 1. The highest BCUT2D eigenvalue weighted by Gasteiger charge is 2.49. The van der Waals surface area contributed by atoms with Crippen molar-refractivity contribution >= 4 is 11.8 Å². The topological polar surface area (TPSA) is 90.5 Å². The van der Waals surface area contributed by atoms with Crippen LogP contribution in [0.25, 0.3) is 0 Å². The number of aryl methyl sites for hydroxylation is 1. The Morgan fingerprint density at radius 1 is 1.30 bits per heavy atom. The first kappa shape index (κ1) is 16.0. The minimum atomic E-state index is -0.504. The number of piperidine rings is 1. The number of ether oxygens (including phenoxy) is 1. The summed E-state index contributed by atoms with van der Waals surface area (Å²) in [6.45, 7) is 2.46. The Labute approximate surface area is 135 Å². The molecule has 1 aromatic rings. The van der Waals surface area contributed by atoms with Crippen LogP contribution in [0.3, 0.4) is 0 Å². The van der Waals surface area contributed by atoms with Gasteiger partial charge in [0.1, 0.15) is 6.04 Å². The maximum absolute atomic E-state index is 12.7. The Bertz CT molecular complexity index is 546. The standard InChI is InChI=1S/C16H24N4O3/c17-15(22)14-16(4-10-23-11-5-16)3-1-7-20(14)13(21)2-8-19-9-6-18-12-19/h6,9,12,14H,1-5,7-8,10-11H2,(H2,17,22). The normalized spacial score (nSPS) is 23.8. The summed E-state index contributed by atoms with van der Waals surface area (Å²) in [6, 6.07) is -0.504. The van der Waals surface area contributed by atoms with Crippen LogP contribution in [0.1, 0.15) is 32.1 Å². The number of imidazole rings is 1. The van der Waals surface area contributed by atoms with Gasteiger partial charge in [-0.25, -0.2) is 4.98 Å². The number of carbonyl (C=O) groups excluding carboxylic acids is 2. The van der Waals surface area contributed by atoms with E-state index in [1.165, 1.54) is 0 Å². The van der Waals surface area contributed by atoms with Crippen LogP contribution in [0, 0.1) is 5.41 Å². The molecule has 2 aliphatic rings. The molecule has 3 rings (SSSR count). The highest BCUT2D eigenvalue weighted by molar-refractivity contribution is 5.87. The van der Waals surface area contributed by atoms with Crippen molar-refractivity contribution in [2.75, 3.05) is 19.8 Å². The number of primary amides is 1. The summed E-state index contributed by atoms with van der Waals surface area (Å²) < 4.78 is 7.32. The lowest BCUT2D eigenvalue weighted by atomic mass is 9.67. The van der Waals surface area contributed by atoms with E-state index < -0.39 is 6.04 Å². The van der Waals surface area contributed by atoms with Crippen LogP contribution in [-0.4, -0.2) is 52.1 Å². The number of amides is 2. The molecule has 1 aromatic heterocycles. The van der Waals surface area contributed by atoms with E-state index in [0.717, 1.165) is 25.7 Å². The zero-order chi connectivity index (χ0) is 16.3. The molecule has 2 aliphatic heterocycles. The van der Waals surface area contributed by atoms with Crippen molar-refractivity contribution in [3.63, 3.8) is 0 Å². The van der Waals surface area contributed by atoms with Crippen molar-refractivity contribution in [2.24, 2.45) is 11.1 Å². The van der Waals surface area contributed by atoms with Crippen LogP contribution in [0.15, 0.2) is 18.7 Å². The fourth-order valence-corrected chi connectivity index (χ4v) is 4.01. The van der Waals surface area contributed by atoms with Crippen LogP contribution in [0.2, 0.25) is 0 Å². The van der Waals surface area contributed by atoms with E-state index in [2.05, 4.69) is 4.98 Å². The van der Waals surface area contributed by atoms with Crippen molar-refractivity contribution in [2.45, 2.75) is 44.7 Å². The lowest BCUT2D eigenvalue weighted by Crippen LogP contribution is -2.61. The molecular formula is C16H24N4O3. The van der Waals surface area contributed by atoms with Gasteiger partial charge in [-0.15, -0.1) is 0 Å². The summed E-state index contributed by atoms with van der Waals surface area (Å²) in [7, 11) is 0. The van der Waals surface area contributed by atoms with Gasteiger partial charge in [0.2, 0.25) is 11.8 Å². The Morgan fingerprint density at radius 2 is 2.09 bits per heavy atom. The van der Waals surface area contributed by atoms with E-state index in [1.54, 1.807) is 17.4 Å². The predicted octanol–water partition coefficient (Wildman–Crippen LogP) is 0.546. The molecule has 2 saturated heterocycles. The molecule has 1 unspecified atom stereocenters. The zero-order valence-corrected chi connectivity index (χ0v) is 13.3. The van der Waals surface area contributed by atoms with Gasteiger partial charge in [-0.3, -0.25) is 9.59 Å². The molecule has 0 aromatic carbocycles. The minimum Gasteiger partial charge on any atom is -0.381 e. The number of nitrogens with zero attached hydrogens (tertiary/aromatic N) is 3. The van der Waals surface area contributed by atoms with Gasteiger partial charge < -0.3 is 19.9 Å². The fraction of sp³-hybridized carbons (Fsp3) is 0.688.